The molecular weight excluding hydrogens is 222 g/mol. The average Bonchev–Trinajstić information content (AvgIpc) is 2.94. The van der Waals surface area contributed by atoms with Gasteiger partial charge in [0, 0.05) is 11.6 Å². The number of amides is 1. The zero-order valence-corrected chi connectivity index (χ0v) is 11.2. The fourth-order valence-corrected chi connectivity index (χ4v) is 3.65. The van der Waals surface area contributed by atoms with Gasteiger partial charge in [0.1, 0.15) is 0 Å². The van der Waals surface area contributed by atoms with Crippen LogP contribution in [0.4, 0.5) is 0 Å². The molecule has 2 heteroatoms. The minimum atomic E-state index is 0.119. The van der Waals surface area contributed by atoms with Crippen molar-refractivity contribution >= 4 is 5.91 Å². The monoisotopic (exact) mass is 243 g/mol. The van der Waals surface area contributed by atoms with Crippen LogP contribution >= 0.6 is 0 Å². The fourth-order valence-electron chi connectivity index (χ4n) is 3.65. The topological polar surface area (TPSA) is 29.1 Å². The van der Waals surface area contributed by atoms with Gasteiger partial charge in [-0.15, -0.1) is 0 Å². The van der Waals surface area contributed by atoms with Gasteiger partial charge in [0.25, 0.3) is 5.91 Å². The Morgan fingerprint density at radius 1 is 1.22 bits per heavy atom. The molecule has 0 aromatic heterocycles. The quantitative estimate of drug-likeness (QED) is 0.849. The van der Waals surface area contributed by atoms with Gasteiger partial charge in [0.15, 0.2) is 0 Å². The van der Waals surface area contributed by atoms with Gasteiger partial charge in [-0.3, -0.25) is 4.79 Å². The molecular formula is C16H21NO. The molecule has 2 aliphatic rings. The number of hydrogen-bond acceptors (Lipinski definition) is 1. The number of carbonyl (C=O) groups is 1. The third-order valence-electron chi connectivity index (χ3n) is 4.69. The van der Waals surface area contributed by atoms with E-state index < -0.39 is 0 Å². The first-order valence-electron chi connectivity index (χ1n) is 7.01. The van der Waals surface area contributed by atoms with E-state index in [2.05, 4.69) is 11.4 Å². The number of benzene rings is 1. The molecule has 0 unspecified atom stereocenters. The van der Waals surface area contributed by atoms with Crippen molar-refractivity contribution in [2.45, 2.75) is 45.6 Å². The zero-order chi connectivity index (χ0) is 12.7. The minimum absolute atomic E-state index is 0.119. The van der Waals surface area contributed by atoms with E-state index in [4.69, 9.17) is 0 Å². The summed E-state index contributed by atoms with van der Waals surface area (Å²) in [6, 6.07) is 6.52. The molecule has 2 bridgehead atoms. The summed E-state index contributed by atoms with van der Waals surface area (Å²) in [5.74, 6) is 1.73. The van der Waals surface area contributed by atoms with Gasteiger partial charge in [-0.1, -0.05) is 24.1 Å². The predicted octanol–water partition coefficient (Wildman–Crippen LogP) is 3.22. The van der Waals surface area contributed by atoms with Crippen LogP contribution in [0.5, 0.6) is 0 Å². The van der Waals surface area contributed by atoms with Crippen molar-refractivity contribution in [3.63, 3.8) is 0 Å². The highest BCUT2D eigenvalue weighted by molar-refractivity contribution is 5.96. The van der Waals surface area contributed by atoms with E-state index in [1.807, 2.05) is 26.0 Å². The lowest BCUT2D eigenvalue weighted by atomic mass is 9.94. The Bertz CT molecular complexity index is 480. The second kappa shape index (κ2) is 4.42. The Hall–Kier alpha value is -1.31. The molecule has 1 amide bonds. The lowest BCUT2D eigenvalue weighted by Gasteiger charge is -2.23. The summed E-state index contributed by atoms with van der Waals surface area (Å²) in [6.07, 6.45) is 5.21. The first-order valence-corrected chi connectivity index (χ1v) is 7.01. The smallest absolute Gasteiger partial charge is 0.251 e. The summed E-state index contributed by atoms with van der Waals surface area (Å²) in [6.45, 7) is 4.04. The summed E-state index contributed by atoms with van der Waals surface area (Å²) in [4.78, 5) is 12.3. The molecule has 2 nitrogen and oxygen atoms in total. The van der Waals surface area contributed by atoms with Crippen LogP contribution in [-0.2, 0) is 0 Å². The molecule has 1 N–H and O–H groups in total. The molecule has 1 aromatic carbocycles. The molecule has 0 saturated heterocycles. The summed E-state index contributed by atoms with van der Waals surface area (Å²) in [5.41, 5.74) is 3.07. The van der Waals surface area contributed by atoms with E-state index in [1.54, 1.807) is 0 Å². The summed E-state index contributed by atoms with van der Waals surface area (Å²) in [7, 11) is 0. The van der Waals surface area contributed by atoms with Crippen molar-refractivity contribution in [2.24, 2.45) is 11.8 Å². The molecule has 2 aliphatic carbocycles. The van der Waals surface area contributed by atoms with Crippen LogP contribution in [0.3, 0.4) is 0 Å². The van der Waals surface area contributed by atoms with Crippen LogP contribution < -0.4 is 5.32 Å². The Morgan fingerprint density at radius 2 is 2.06 bits per heavy atom. The lowest BCUT2D eigenvalue weighted by Crippen LogP contribution is -2.38. The van der Waals surface area contributed by atoms with Crippen LogP contribution in [0, 0.1) is 25.7 Å². The van der Waals surface area contributed by atoms with Crippen molar-refractivity contribution in [3.8, 4) is 0 Å². The summed E-state index contributed by atoms with van der Waals surface area (Å²) < 4.78 is 0. The van der Waals surface area contributed by atoms with Crippen molar-refractivity contribution in [1.82, 2.24) is 5.32 Å². The van der Waals surface area contributed by atoms with Gasteiger partial charge in [0.05, 0.1) is 0 Å². The normalized spacial score (nSPS) is 29.6. The Kier molecular flexibility index (Phi) is 2.89. The standard InChI is InChI=1S/C16H21NO/c1-10-3-4-11(2)14(7-10)16(18)17-15-9-12-5-6-13(15)8-12/h3-4,7,12-13,15H,5-6,8-9H2,1-2H3,(H,17,18)/t12-,13-,15+/m0/s1. The third-order valence-corrected chi connectivity index (χ3v) is 4.69. The van der Waals surface area contributed by atoms with E-state index in [1.165, 1.54) is 25.7 Å². The Morgan fingerprint density at radius 3 is 2.72 bits per heavy atom. The van der Waals surface area contributed by atoms with E-state index in [0.29, 0.717) is 6.04 Å². The molecule has 0 radical (unpaired) electrons. The first-order chi connectivity index (χ1) is 8.63. The van der Waals surface area contributed by atoms with Gasteiger partial charge in [0.2, 0.25) is 0 Å². The zero-order valence-electron chi connectivity index (χ0n) is 11.2. The minimum Gasteiger partial charge on any atom is -0.349 e. The number of carbonyl (C=O) groups excluding carboxylic acids is 1. The second-order valence-corrected chi connectivity index (χ2v) is 6.07. The van der Waals surface area contributed by atoms with Crippen LogP contribution in [0.25, 0.3) is 0 Å². The fraction of sp³-hybridized carbons (Fsp3) is 0.562. The molecule has 2 fully saturated rings. The van der Waals surface area contributed by atoms with Gasteiger partial charge in [-0.25, -0.2) is 0 Å². The van der Waals surface area contributed by atoms with Crippen LogP contribution in [-0.4, -0.2) is 11.9 Å². The number of hydrogen-bond donors (Lipinski definition) is 1. The maximum absolute atomic E-state index is 12.3. The van der Waals surface area contributed by atoms with Gasteiger partial charge in [-0.05, 0) is 56.6 Å². The summed E-state index contributed by atoms with van der Waals surface area (Å²) in [5, 5.41) is 3.26. The van der Waals surface area contributed by atoms with Gasteiger partial charge in [-0.2, -0.15) is 0 Å². The molecule has 96 valence electrons. The SMILES string of the molecule is Cc1ccc(C)c(C(=O)N[C@@H]2C[C@H]3CC[C@H]2C3)c1. The maximum atomic E-state index is 12.3. The molecule has 0 spiro atoms. The third kappa shape index (κ3) is 2.05. The van der Waals surface area contributed by atoms with Gasteiger partial charge >= 0.3 is 0 Å². The van der Waals surface area contributed by atoms with Crippen LogP contribution in [0.15, 0.2) is 18.2 Å². The first kappa shape index (κ1) is 11.8. The highest BCUT2D eigenvalue weighted by Crippen LogP contribution is 2.44. The number of nitrogens with one attached hydrogen (secondary N) is 1. The average molecular weight is 243 g/mol. The van der Waals surface area contributed by atoms with Crippen molar-refractivity contribution in [3.05, 3.63) is 34.9 Å². The maximum Gasteiger partial charge on any atom is 0.251 e. The number of fused-ring (bicyclic) bond motifs is 2. The van der Waals surface area contributed by atoms with Crippen LogP contribution in [0.2, 0.25) is 0 Å². The molecule has 0 aliphatic heterocycles. The number of aryl methyl sites for hydroxylation is 2. The van der Waals surface area contributed by atoms with Gasteiger partial charge < -0.3 is 5.32 Å². The largest absolute Gasteiger partial charge is 0.349 e. The lowest BCUT2D eigenvalue weighted by molar-refractivity contribution is 0.0922. The predicted molar refractivity (Wildman–Crippen MR) is 72.6 cm³/mol. The molecule has 2 saturated carbocycles. The van der Waals surface area contributed by atoms with Crippen molar-refractivity contribution in [2.75, 3.05) is 0 Å². The summed E-state index contributed by atoms with van der Waals surface area (Å²) >= 11 is 0. The molecule has 18 heavy (non-hydrogen) atoms. The van der Waals surface area contributed by atoms with E-state index in [0.717, 1.165) is 28.5 Å². The Balaban J connectivity index is 1.73. The van der Waals surface area contributed by atoms with E-state index in [-0.39, 0.29) is 5.91 Å². The van der Waals surface area contributed by atoms with Crippen molar-refractivity contribution < 1.29 is 4.79 Å². The van der Waals surface area contributed by atoms with Crippen molar-refractivity contribution in [1.29, 1.82) is 0 Å². The highest BCUT2D eigenvalue weighted by atomic mass is 16.1. The second-order valence-electron chi connectivity index (χ2n) is 6.07. The number of rotatable bonds is 2. The van der Waals surface area contributed by atoms with Crippen LogP contribution in [0.1, 0.15) is 47.2 Å². The molecule has 3 atom stereocenters. The highest BCUT2D eigenvalue weighted by Gasteiger charge is 2.40. The molecule has 0 heterocycles. The van der Waals surface area contributed by atoms with E-state index in [9.17, 15) is 4.79 Å². The molecule has 3 rings (SSSR count). The Labute approximate surface area is 109 Å². The van der Waals surface area contributed by atoms with E-state index >= 15 is 0 Å². The molecule has 1 aromatic rings.